The molecule has 0 aliphatic heterocycles. The SMILES string of the molecule is COC(=O)CCC(=O)Nc1cccc2c(O)cccc12. The maximum absolute atomic E-state index is 11.8. The fourth-order valence-electron chi connectivity index (χ4n) is 1.93. The molecule has 1 amide bonds. The van der Waals surface area contributed by atoms with Crippen molar-refractivity contribution in [1.29, 1.82) is 0 Å². The third kappa shape index (κ3) is 3.06. The highest BCUT2D eigenvalue weighted by Gasteiger charge is 2.09. The van der Waals surface area contributed by atoms with Crippen molar-refractivity contribution in [3.8, 4) is 5.75 Å². The molecule has 0 unspecified atom stereocenters. The van der Waals surface area contributed by atoms with Gasteiger partial charge in [0, 0.05) is 22.9 Å². The van der Waals surface area contributed by atoms with E-state index in [4.69, 9.17) is 0 Å². The van der Waals surface area contributed by atoms with E-state index in [1.807, 2.05) is 6.07 Å². The van der Waals surface area contributed by atoms with E-state index in [0.29, 0.717) is 11.1 Å². The summed E-state index contributed by atoms with van der Waals surface area (Å²) in [6.07, 6.45) is 0.0974. The maximum Gasteiger partial charge on any atom is 0.306 e. The topological polar surface area (TPSA) is 75.6 Å². The Morgan fingerprint density at radius 3 is 2.55 bits per heavy atom. The molecule has 2 N–H and O–H groups in total. The Labute approximate surface area is 116 Å². The van der Waals surface area contributed by atoms with E-state index < -0.39 is 5.97 Å². The summed E-state index contributed by atoms with van der Waals surface area (Å²) in [5.74, 6) is -0.532. The molecule has 0 radical (unpaired) electrons. The molecule has 0 heterocycles. The van der Waals surface area contributed by atoms with Crippen LogP contribution in [0.3, 0.4) is 0 Å². The predicted octanol–water partition coefficient (Wildman–Crippen LogP) is 2.44. The van der Waals surface area contributed by atoms with Gasteiger partial charge in [0.05, 0.1) is 13.5 Å². The predicted molar refractivity (Wildman–Crippen MR) is 75.5 cm³/mol. The molecule has 20 heavy (non-hydrogen) atoms. The lowest BCUT2D eigenvalue weighted by molar-refractivity contribution is -0.141. The van der Waals surface area contributed by atoms with Crippen LogP contribution in [0.5, 0.6) is 5.75 Å². The van der Waals surface area contributed by atoms with Gasteiger partial charge in [0.1, 0.15) is 5.75 Å². The van der Waals surface area contributed by atoms with E-state index in [1.165, 1.54) is 7.11 Å². The molecule has 0 spiro atoms. The van der Waals surface area contributed by atoms with Gasteiger partial charge in [-0.05, 0) is 12.1 Å². The molecule has 0 saturated carbocycles. The molecular weight excluding hydrogens is 258 g/mol. The number of carbonyl (C=O) groups excluding carboxylic acids is 2. The van der Waals surface area contributed by atoms with Crippen molar-refractivity contribution in [3.63, 3.8) is 0 Å². The van der Waals surface area contributed by atoms with E-state index in [9.17, 15) is 14.7 Å². The number of ether oxygens (including phenoxy) is 1. The zero-order chi connectivity index (χ0) is 14.5. The number of amides is 1. The van der Waals surface area contributed by atoms with E-state index in [2.05, 4.69) is 10.1 Å². The number of anilines is 1. The van der Waals surface area contributed by atoms with E-state index >= 15 is 0 Å². The number of rotatable bonds is 4. The number of phenols is 1. The molecule has 0 aliphatic carbocycles. The summed E-state index contributed by atoms with van der Waals surface area (Å²) in [5, 5.41) is 13.9. The number of aromatic hydroxyl groups is 1. The van der Waals surface area contributed by atoms with Gasteiger partial charge in [-0.1, -0.05) is 24.3 Å². The fraction of sp³-hybridized carbons (Fsp3) is 0.200. The van der Waals surface area contributed by atoms with Crippen molar-refractivity contribution in [1.82, 2.24) is 0 Å². The number of hydrogen-bond acceptors (Lipinski definition) is 4. The average molecular weight is 273 g/mol. The quantitative estimate of drug-likeness (QED) is 0.839. The molecule has 0 bridgehead atoms. The lowest BCUT2D eigenvalue weighted by Gasteiger charge is -2.09. The van der Waals surface area contributed by atoms with Crippen molar-refractivity contribution >= 4 is 28.3 Å². The summed E-state index contributed by atoms with van der Waals surface area (Å²) in [7, 11) is 1.29. The summed E-state index contributed by atoms with van der Waals surface area (Å²) in [4.78, 5) is 22.8. The Balaban J connectivity index is 2.16. The molecule has 104 valence electrons. The van der Waals surface area contributed by atoms with Crippen LogP contribution >= 0.6 is 0 Å². The normalized spacial score (nSPS) is 10.2. The van der Waals surface area contributed by atoms with Crippen LogP contribution in [0.25, 0.3) is 10.8 Å². The first-order chi connectivity index (χ1) is 9.61. The molecule has 0 saturated heterocycles. The zero-order valence-electron chi connectivity index (χ0n) is 11.1. The lowest BCUT2D eigenvalue weighted by atomic mass is 10.1. The molecule has 2 aromatic rings. The number of methoxy groups -OCH3 is 1. The lowest BCUT2D eigenvalue weighted by Crippen LogP contribution is -2.14. The number of phenolic OH excluding ortho intramolecular Hbond substituents is 1. The Bertz CT molecular complexity index is 651. The van der Waals surface area contributed by atoms with Crippen molar-refractivity contribution < 1.29 is 19.4 Å². The first kappa shape index (κ1) is 13.9. The average Bonchev–Trinajstić information content (AvgIpc) is 2.46. The third-order valence-electron chi connectivity index (χ3n) is 2.96. The van der Waals surface area contributed by atoms with Gasteiger partial charge in [-0.25, -0.2) is 0 Å². The molecule has 0 aromatic heterocycles. The Kier molecular flexibility index (Phi) is 4.20. The second-order valence-corrected chi connectivity index (χ2v) is 4.30. The monoisotopic (exact) mass is 273 g/mol. The highest BCUT2D eigenvalue weighted by atomic mass is 16.5. The Morgan fingerprint density at radius 2 is 1.80 bits per heavy atom. The van der Waals surface area contributed by atoms with Crippen molar-refractivity contribution in [2.75, 3.05) is 12.4 Å². The fourth-order valence-corrected chi connectivity index (χ4v) is 1.93. The first-order valence-electron chi connectivity index (χ1n) is 6.19. The van der Waals surface area contributed by atoms with Gasteiger partial charge in [-0.15, -0.1) is 0 Å². The number of nitrogens with one attached hydrogen (secondary N) is 1. The minimum Gasteiger partial charge on any atom is -0.507 e. The summed E-state index contributed by atoms with van der Waals surface area (Å²) in [5.41, 5.74) is 0.605. The molecule has 2 rings (SSSR count). The van der Waals surface area contributed by atoms with Crippen LogP contribution in [0, 0.1) is 0 Å². The minimum absolute atomic E-state index is 0.0400. The second-order valence-electron chi connectivity index (χ2n) is 4.30. The van der Waals surface area contributed by atoms with E-state index in [1.54, 1.807) is 30.3 Å². The van der Waals surface area contributed by atoms with Crippen LogP contribution in [0.1, 0.15) is 12.8 Å². The molecular formula is C15H15NO4. The van der Waals surface area contributed by atoms with Crippen molar-refractivity contribution in [3.05, 3.63) is 36.4 Å². The summed E-state index contributed by atoms with van der Waals surface area (Å²) in [6, 6.07) is 10.4. The van der Waals surface area contributed by atoms with Crippen molar-refractivity contribution in [2.45, 2.75) is 12.8 Å². The number of carbonyl (C=O) groups is 2. The van der Waals surface area contributed by atoms with Crippen LogP contribution in [0.2, 0.25) is 0 Å². The van der Waals surface area contributed by atoms with E-state index in [-0.39, 0.29) is 24.5 Å². The Morgan fingerprint density at radius 1 is 1.10 bits per heavy atom. The van der Waals surface area contributed by atoms with Gasteiger partial charge >= 0.3 is 5.97 Å². The number of hydrogen-bond donors (Lipinski definition) is 2. The Hall–Kier alpha value is -2.56. The smallest absolute Gasteiger partial charge is 0.306 e. The standard InChI is InChI=1S/C15H15NO4/c1-20-15(19)9-8-14(18)16-12-6-2-5-11-10(12)4-3-7-13(11)17/h2-7,17H,8-9H2,1H3,(H,16,18). The number of esters is 1. The molecule has 2 aromatic carbocycles. The summed E-state index contributed by atoms with van der Waals surface area (Å²) < 4.78 is 4.48. The second kappa shape index (κ2) is 6.06. The molecule has 0 atom stereocenters. The van der Waals surface area contributed by atoms with Gasteiger partial charge in [-0.2, -0.15) is 0 Å². The van der Waals surface area contributed by atoms with Gasteiger partial charge < -0.3 is 15.2 Å². The maximum atomic E-state index is 11.8. The number of benzene rings is 2. The molecule has 5 heteroatoms. The van der Waals surface area contributed by atoms with E-state index in [0.717, 1.165) is 5.39 Å². The molecule has 5 nitrogen and oxygen atoms in total. The minimum atomic E-state index is -0.421. The van der Waals surface area contributed by atoms with Gasteiger partial charge in [0.2, 0.25) is 5.91 Å². The van der Waals surface area contributed by atoms with Crippen LogP contribution < -0.4 is 5.32 Å². The summed E-state index contributed by atoms with van der Waals surface area (Å²) >= 11 is 0. The van der Waals surface area contributed by atoms with Crippen LogP contribution in [0.15, 0.2) is 36.4 Å². The van der Waals surface area contributed by atoms with Crippen molar-refractivity contribution in [2.24, 2.45) is 0 Å². The van der Waals surface area contributed by atoms with Gasteiger partial charge in [0.15, 0.2) is 0 Å². The molecule has 0 aliphatic rings. The summed E-state index contributed by atoms with van der Waals surface area (Å²) in [6.45, 7) is 0. The largest absolute Gasteiger partial charge is 0.507 e. The highest BCUT2D eigenvalue weighted by Crippen LogP contribution is 2.29. The zero-order valence-corrected chi connectivity index (χ0v) is 11.1. The first-order valence-corrected chi connectivity index (χ1v) is 6.19. The van der Waals surface area contributed by atoms with Crippen LogP contribution in [-0.2, 0) is 14.3 Å². The van der Waals surface area contributed by atoms with Crippen LogP contribution in [-0.4, -0.2) is 24.1 Å². The highest BCUT2D eigenvalue weighted by molar-refractivity contribution is 6.04. The van der Waals surface area contributed by atoms with Gasteiger partial charge in [0.25, 0.3) is 0 Å². The third-order valence-corrected chi connectivity index (χ3v) is 2.96. The molecule has 0 fully saturated rings. The van der Waals surface area contributed by atoms with Crippen LogP contribution in [0.4, 0.5) is 5.69 Å². The number of fused-ring (bicyclic) bond motifs is 1. The van der Waals surface area contributed by atoms with Gasteiger partial charge in [-0.3, -0.25) is 9.59 Å².